The van der Waals surface area contributed by atoms with Gasteiger partial charge in [-0.2, -0.15) is 0 Å². The summed E-state index contributed by atoms with van der Waals surface area (Å²) in [6.45, 7) is 0. The van der Waals surface area contributed by atoms with E-state index in [-0.39, 0.29) is 0 Å². The first-order chi connectivity index (χ1) is 27.8. The monoisotopic (exact) mass is 732 g/mol. The van der Waals surface area contributed by atoms with Crippen molar-refractivity contribution >= 4 is 103 Å². The Kier molecular flexibility index (Phi) is 6.80. The van der Waals surface area contributed by atoms with Gasteiger partial charge in [0.1, 0.15) is 11.2 Å². The lowest BCUT2D eigenvalue weighted by Gasteiger charge is -2.29. The highest BCUT2D eigenvalue weighted by Crippen LogP contribution is 2.48. The molecular weight excluding hydrogens is 701 g/mol. The van der Waals surface area contributed by atoms with Gasteiger partial charge in [-0.1, -0.05) is 133 Å². The Bertz CT molecular complexity index is 3440. The third kappa shape index (κ3) is 4.57. The molecule has 3 nitrogen and oxygen atoms in total. The quantitative estimate of drug-likeness (QED) is 0.176. The lowest BCUT2D eigenvalue weighted by molar-refractivity contribution is 0.673. The molecule has 0 N–H and O–H groups in total. The first kappa shape index (κ1) is 31.2. The summed E-state index contributed by atoms with van der Waals surface area (Å²) in [5.41, 5.74) is 11.0. The van der Waals surface area contributed by atoms with Crippen molar-refractivity contribution in [2.24, 2.45) is 0 Å². The highest BCUT2D eigenvalue weighted by atomic mass is 32.1. The number of hydrogen-bond donors (Lipinski definition) is 0. The Hall–Kier alpha value is -7.14. The van der Waals surface area contributed by atoms with Crippen molar-refractivity contribution in [1.29, 1.82) is 0 Å². The number of anilines is 3. The molecule has 0 radical (unpaired) electrons. The minimum atomic E-state index is 0.899. The summed E-state index contributed by atoms with van der Waals surface area (Å²) >= 11 is 1.86. The first-order valence-electron chi connectivity index (χ1n) is 19.0. The fourth-order valence-electron chi connectivity index (χ4n) is 8.93. The molecular formula is C52H32N2OS. The van der Waals surface area contributed by atoms with Gasteiger partial charge in [0.2, 0.25) is 0 Å². The van der Waals surface area contributed by atoms with E-state index in [9.17, 15) is 0 Å². The van der Waals surface area contributed by atoms with E-state index < -0.39 is 0 Å². The number of nitrogens with zero attached hydrogens (tertiary/aromatic N) is 2. The molecule has 0 amide bonds. The molecule has 3 aromatic heterocycles. The number of rotatable bonds is 5. The van der Waals surface area contributed by atoms with Crippen LogP contribution in [0.2, 0.25) is 0 Å². The lowest BCUT2D eigenvalue weighted by Crippen LogP contribution is -2.13. The van der Waals surface area contributed by atoms with Crippen LogP contribution >= 0.6 is 11.3 Å². The zero-order chi connectivity index (χ0) is 36.7. The Labute approximate surface area is 326 Å². The van der Waals surface area contributed by atoms with Crippen molar-refractivity contribution in [2.75, 3.05) is 4.90 Å². The van der Waals surface area contributed by atoms with E-state index >= 15 is 0 Å². The molecule has 3 heterocycles. The lowest BCUT2D eigenvalue weighted by atomic mass is 9.98. The zero-order valence-electron chi connectivity index (χ0n) is 30.2. The fourth-order valence-corrected chi connectivity index (χ4v) is 10.1. The summed E-state index contributed by atoms with van der Waals surface area (Å²) in [7, 11) is 0. The molecule has 0 unspecified atom stereocenters. The molecule has 0 saturated carbocycles. The summed E-state index contributed by atoms with van der Waals surface area (Å²) in [5, 5.41) is 9.64. The number of aromatic nitrogens is 1. The minimum absolute atomic E-state index is 0.899. The van der Waals surface area contributed by atoms with E-state index in [4.69, 9.17) is 4.42 Å². The third-order valence-corrected chi connectivity index (χ3v) is 12.6. The largest absolute Gasteiger partial charge is 0.455 e. The van der Waals surface area contributed by atoms with Gasteiger partial charge in [-0.05, 0) is 77.2 Å². The van der Waals surface area contributed by atoms with Gasteiger partial charge in [-0.25, -0.2) is 0 Å². The van der Waals surface area contributed by atoms with Crippen LogP contribution in [0.5, 0.6) is 0 Å². The highest BCUT2D eigenvalue weighted by Gasteiger charge is 2.23. The molecule has 4 heteroatoms. The molecule has 0 spiro atoms. The molecule has 9 aromatic carbocycles. The maximum atomic E-state index is 6.57. The number of thiophene rings is 1. The van der Waals surface area contributed by atoms with Crippen LogP contribution < -0.4 is 4.90 Å². The molecule has 0 aliphatic rings. The summed E-state index contributed by atoms with van der Waals surface area (Å²) in [6, 6.07) is 70.2. The van der Waals surface area contributed by atoms with Crippen LogP contribution in [0.3, 0.4) is 0 Å². The second kappa shape index (κ2) is 12.2. The zero-order valence-corrected chi connectivity index (χ0v) is 31.0. The summed E-state index contributed by atoms with van der Waals surface area (Å²) in [5.74, 6) is 0. The van der Waals surface area contributed by atoms with Crippen LogP contribution in [0.1, 0.15) is 0 Å². The molecule has 0 bridgehead atoms. The molecule has 262 valence electrons. The number of furan rings is 1. The molecule has 0 saturated heterocycles. The van der Waals surface area contributed by atoms with Gasteiger partial charge < -0.3 is 13.9 Å². The topological polar surface area (TPSA) is 21.3 Å². The molecule has 12 rings (SSSR count). The third-order valence-electron chi connectivity index (χ3n) is 11.4. The van der Waals surface area contributed by atoms with E-state index in [1.165, 1.54) is 47.4 Å². The average molecular weight is 733 g/mol. The van der Waals surface area contributed by atoms with Gasteiger partial charge >= 0.3 is 0 Å². The van der Waals surface area contributed by atoms with Gasteiger partial charge in [-0.3, -0.25) is 0 Å². The summed E-state index contributed by atoms with van der Waals surface area (Å²) in [4.78, 5) is 2.46. The highest BCUT2D eigenvalue weighted by molar-refractivity contribution is 7.26. The molecule has 0 atom stereocenters. The summed E-state index contributed by atoms with van der Waals surface area (Å²) in [6.07, 6.45) is 0. The predicted molar refractivity (Wildman–Crippen MR) is 239 cm³/mol. The van der Waals surface area contributed by atoms with E-state index in [0.717, 1.165) is 61.2 Å². The van der Waals surface area contributed by atoms with Crippen LogP contribution in [0.25, 0.3) is 91.5 Å². The molecule has 56 heavy (non-hydrogen) atoms. The average Bonchev–Trinajstić information content (AvgIpc) is 3.95. The van der Waals surface area contributed by atoms with Crippen LogP contribution in [0.4, 0.5) is 17.1 Å². The fraction of sp³-hybridized carbons (Fsp3) is 0. The van der Waals surface area contributed by atoms with Gasteiger partial charge in [0.05, 0.1) is 32.8 Å². The number of hydrogen-bond acceptors (Lipinski definition) is 3. The molecule has 0 aliphatic heterocycles. The predicted octanol–water partition coefficient (Wildman–Crippen LogP) is 15.3. The molecule has 12 aromatic rings. The van der Waals surface area contributed by atoms with E-state index in [1.807, 2.05) is 11.3 Å². The van der Waals surface area contributed by atoms with Gasteiger partial charge in [-0.15, -0.1) is 11.3 Å². The molecule has 0 aliphatic carbocycles. The van der Waals surface area contributed by atoms with E-state index in [2.05, 4.69) is 204 Å². The minimum Gasteiger partial charge on any atom is -0.455 e. The Morgan fingerprint density at radius 2 is 1.09 bits per heavy atom. The standard InChI is InChI=1S/C52H32N2OS/c1-2-14-37-33(13-1)29-32-42-50-36(18-12-25-48(50)55-51(37)42)34-27-30-35(31-28-34)53(47-24-11-19-41-40-17-5-10-26-49(40)56-52(41)47)45-22-8-9-23-46(45)54-43-20-6-3-15-38(43)39-16-4-7-21-44(39)54/h1-32H. The first-order valence-corrected chi connectivity index (χ1v) is 19.8. The van der Waals surface area contributed by atoms with Crippen LogP contribution in [0, 0.1) is 0 Å². The SMILES string of the molecule is c1ccc(-n2c3ccccc3c3ccccc32)c(N(c2ccc(-c3cccc4oc5c6ccccc6ccc5c34)cc2)c2cccc3c2sc2ccccc23)c1. The second-order valence-electron chi connectivity index (χ2n) is 14.4. The van der Waals surface area contributed by atoms with Crippen molar-refractivity contribution in [1.82, 2.24) is 4.57 Å². The van der Waals surface area contributed by atoms with Crippen molar-refractivity contribution in [3.8, 4) is 16.8 Å². The normalized spacial score (nSPS) is 11.9. The van der Waals surface area contributed by atoms with Crippen molar-refractivity contribution < 1.29 is 4.42 Å². The van der Waals surface area contributed by atoms with Gasteiger partial charge in [0.15, 0.2) is 0 Å². The molecule has 0 fully saturated rings. The maximum Gasteiger partial charge on any atom is 0.143 e. The summed E-state index contributed by atoms with van der Waals surface area (Å²) < 4.78 is 11.5. The smallest absolute Gasteiger partial charge is 0.143 e. The van der Waals surface area contributed by atoms with Crippen molar-refractivity contribution in [3.63, 3.8) is 0 Å². The van der Waals surface area contributed by atoms with Crippen LogP contribution in [-0.2, 0) is 0 Å². The van der Waals surface area contributed by atoms with Gasteiger partial charge in [0.25, 0.3) is 0 Å². The number of para-hydroxylation sites is 4. The van der Waals surface area contributed by atoms with Crippen molar-refractivity contribution in [3.05, 3.63) is 194 Å². The van der Waals surface area contributed by atoms with Crippen molar-refractivity contribution in [2.45, 2.75) is 0 Å². The number of fused-ring (bicyclic) bond motifs is 11. The Balaban J connectivity index is 1.09. The second-order valence-corrected chi connectivity index (χ2v) is 15.5. The van der Waals surface area contributed by atoms with E-state index in [1.54, 1.807) is 0 Å². The Morgan fingerprint density at radius 1 is 0.446 bits per heavy atom. The van der Waals surface area contributed by atoms with E-state index in [0.29, 0.717) is 0 Å². The maximum absolute atomic E-state index is 6.57. The Morgan fingerprint density at radius 3 is 1.91 bits per heavy atom. The van der Waals surface area contributed by atoms with Crippen LogP contribution in [0.15, 0.2) is 199 Å². The van der Waals surface area contributed by atoms with Gasteiger partial charge in [0, 0.05) is 48.1 Å². The number of benzene rings is 9. The van der Waals surface area contributed by atoms with Crippen LogP contribution in [-0.4, -0.2) is 4.57 Å².